The second kappa shape index (κ2) is 6.26. The van der Waals surface area contributed by atoms with Gasteiger partial charge in [0.2, 0.25) is 0 Å². The molecule has 0 aromatic carbocycles. The van der Waals surface area contributed by atoms with E-state index in [9.17, 15) is 0 Å². The molecular formula is C14H12S2. The van der Waals surface area contributed by atoms with Crippen LogP contribution in [0, 0.1) is 0 Å². The number of rotatable bonds is 4. The molecule has 0 fully saturated rings. The predicted octanol–water partition coefficient (Wildman–Crippen LogP) is 5.09. The van der Waals surface area contributed by atoms with E-state index < -0.39 is 0 Å². The zero-order chi connectivity index (χ0) is 11.1. The first-order chi connectivity index (χ1) is 7.95. The molecule has 0 atom stereocenters. The van der Waals surface area contributed by atoms with Crippen LogP contribution in [0.5, 0.6) is 0 Å². The van der Waals surface area contributed by atoms with Crippen molar-refractivity contribution in [2.45, 2.75) is 0 Å². The van der Waals surface area contributed by atoms with E-state index >= 15 is 0 Å². The molecule has 2 aromatic rings. The minimum absolute atomic E-state index is 1.28. The summed E-state index contributed by atoms with van der Waals surface area (Å²) in [5.41, 5.74) is 0. The van der Waals surface area contributed by atoms with Crippen molar-refractivity contribution in [2.24, 2.45) is 0 Å². The van der Waals surface area contributed by atoms with Gasteiger partial charge in [-0.15, -0.1) is 22.7 Å². The van der Waals surface area contributed by atoms with Crippen molar-refractivity contribution in [3.8, 4) is 0 Å². The van der Waals surface area contributed by atoms with Gasteiger partial charge in [0.15, 0.2) is 0 Å². The van der Waals surface area contributed by atoms with Crippen LogP contribution in [0.2, 0.25) is 0 Å². The van der Waals surface area contributed by atoms with Crippen molar-refractivity contribution in [1.29, 1.82) is 0 Å². The highest BCUT2D eigenvalue weighted by atomic mass is 32.1. The highest BCUT2D eigenvalue weighted by Gasteiger charge is 1.83. The first kappa shape index (κ1) is 11.1. The Labute approximate surface area is 104 Å². The van der Waals surface area contributed by atoms with Gasteiger partial charge in [-0.1, -0.05) is 36.4 Å². The van der Waals surface area contributed by atoms with Crippen LogP contribution in [0.25, 0.3) is 12.2 Å². The smallest absolute Gasteiger partial charge is 0.0270 e. The van der Waals surface area contributed by atoms with Gasteiger partial charge in [0.25, 0.3) is 0 Å². The molecule has 0 unspecified atom stereocenters. The quantitative estimate of drug-likeness (QED) is 0.657. The lowest BCUT2D eigenvalue weighted by molar-refractivity contribution is 1.90. The third-order valence-electron chi connectivity index (χ3n) is 1.94. The lowest BCUT2D eigenvalue weighted by atomic mass is 10.3. The monoisotopic (exact) mass is 244 g/mol. The van der Waals surface area contributed by atoms with E-state index in [1.807, 2.05) is 12.2 Å². The second-order valence-electron chi connectivity index (χ2n) is 3.13. The van der Waals surface area contributed by atoms with Crippen molar-refractivity contribution in [1.82, 2.24) is 0 Å². The molecular weight excluding hydrogens is 232 g/mol. The van der Waals surface area contributed by atoms with Crippen LogP contribution < -0.4 is 0 Å². The van der Waals surface area contributed by atoms with E-state index in [4.69, 9.17) is 0 Å². The zero-order valence-corrected chi connectivity index (χ0v) is 10.4. The summed E-state index contributed by atoms with van der Waals surface area (Å²) in [7, 11) is 0. The molecule has 0 saturated heterocycles. The Kier molecular flexibility index (Phi) is 4.35. The van der Waals surface area contributed by atoms with E-state index in [-0.39, 0.29) is 0 Å². The van der Waals surface area contributed by atoms with Crippen LogP contribution in [-0.4, -0.2) is 0 Å². The molecule has 0 radical (unpaired) electrons. The maximum Gasteiger partial charge on any atom is 0.0270 e. The fourth-order valence-corrected chi connectivity index (χ4v) is 2.46. The van der Waals surface area contributed by atoms with Gasteiger partial charge >= 0.3 is 0 Å². The van der Waals surface area contributed by atoms with E-state index in [0.717, 1.165) is 0 Å². The van der Waals surface area contributed by atoms with Gasteiger partial charge in [0.1, 0.15) is 0 Å². The van der Waals surface area contributed by atoms with Crippen molar-refractivity contribution in [3.05, 3.63) is 69.1 Å². The Morgan fingerprint density at radius 1 is 0.688 bits per heavy atom. The summed E-state index contributed by atoms with van der Waals surface area (Å²) in [6, 6.07) is 8.34. The summed E-state index contributed by atoms with van der Waals surface area (Å²) < 4.78 is 0. The summed E-state index contributed by atoms with van der Waals surface area (Å²) in [6.45, 7) is 0. The molecule has 0 aliphatic heterocycles. The van der Waals surface area contributed by atoms with Crippen LogP contribution in [0.4, 0.5) is 0 Å². The first-order valence-corrected chi connectivity index (χ1v) is 6.79. The highest BCUT2D eigenvalue weighted by molar-refractivity contribution is 7.11. The van der Waals surface area contributed by atoms with E-state index in [1.165, 1.54) is 9.75 Å². The number of thiophene rings is 2. The zero-order valence-electron chi connectivity index (χ0n) is 8.74. The van der Waals surface area contributed by atoms with Crippen LogP contribution in [0.3, 0.4) is 0 Å². The van der Waals surface area contributed by atoms with Gasteiger partial charge in [-0.05, 0) is 35.0 Å². The minimum atomic E-state index is 1.28. The fourth-order valence-electron chi connectivity index (χ4n) is 1.20. The van der Waals surface area contributed by atoms with Gasteiger partial charge in [0, 0.05) is 9.75 Å². The molecule has 80 valence electrons. The fraction of sp³-hybridized carbons (Fsp3) is 0. The van der Waals surface area contributed by atoms with Gasteiger partial charge < -0.3 is 0 Å². The lowest BCUT2D eigenvalue weighted by Gasteiger charge is -1.80. The molecule has 0 nitrogen and oxygen atoms in total. The molecule has 0 amide bonds. The Morgan fingerprint density at radius 2 is 1.19 bits per heavy atom. The Balaban J connectivity index is 1.82. The van der Waals surface area contributed by atoms with Crippen molar-refractivity contribution in [2.75, 3.05) is 0 Å². The molecule has 2 aromatic heterocycles. The minimum Gasteiger partial charge on any atom is -0.144 e. The van der Waals surface area contributed by atoms with Crippen LogP contribution in [0.1, 0.15) is 9.75 Å². The van der Waals surface area contributed by atoms with Crippen molar-refractivity contribution >= 4 is 34.8 Å². The summed E-state index contributed by atoms with van der Waals surface area (Å²) >= 11 is 3.50. The van der Waals surface area contributed by atoms with Gasteiger partial charge in [0.05, 0.1) is 0 Å². The molecule has 16 heavy (non-hydrogen) atoms. The molecule has 0 bridgehead atoms. The van der Waals surface area contributed by atoms with E-state index in [2.05, 4.69) is 59.3 Å². The molecule has 2 heterocycles. The molecule has 0 aliphatic carbocycles. The summed E-state index contributed by atoms with van der Waals surface area (Å²) in [4.78, 5) is 2.57. The van der Waals surface area contributed by atoms with E-state index in [0.29, 0.717) is 0 Å². The number of allylic oxidation sites excluding steroid dienone is 4. The standard InChI is InChI=1S/C14H12S2/c1(3-7-13-9-5-11-15-13)2-4-8-14-10-6-12-16-14/h1-12H. The average molecular weight is 244 g/mol. The Hall–Kier alpha value is -1.38. The maximum atomic E-state index is 2.11. The summed E-state index contributed by atoms with van der Waals surface area (Å²) in [6.07, 6.45) is 12.4. The molecule has 2 heteroatoms. The Bertz CT molecular complexity index is 425. The summed E-state index contributed by atoms with van der Waals surface area (Å²) in [5.74, 6) is 0. The SMILES string of the molecule is C(=CC=Cc1cccs1)C=Cc1cccs1. The molecule has 0 N–H and O–H groups in total. The van der Waals surface area contributed by atoms with E-state index in [1.54, 1.807) is 22.7 Å². The Morgan fingerprint density at radius 3 is 1.56 bits per heavy atom. The topological polar surface area (TPSA) is 0 Å². The van der Waals surface area contributed by atoms with Gasteiger partial charge in [-0.3, -0.25) is 0 Å². The lowest BCUT2D eigenvalue weighted by Crippen LogP contribution is -1.56. The maximum absolute atomic E-state index is 2.11. The second-order valence-corrected chi connectivity index (χ2v) is 5.09. The van der Waals surface area contributed by atoms with Crippen LogP contribution in [-0.2, 0) is 0 Å². The number of hydrogen-bond donors (Lipinski definition) is 0. The van der Waals surface area contributed by atoms with Gasteiger partial charge in [-0.2, -0.15) is 0 Å². The van der Waals surface area contributed by atoms with Crippen LogP contribution >= 0.6 is 22.7 Å². The third-order valence-corrected chi connectivity index (χ3v) is 3.62. The van der Waals surface area contributed by atoms with Crippen molar-refractivity contribution in [3.63, 3.8) is 0 Å². The molecule has 0 aliphatic rings. The molecule has 2 rings (SSSR count). The summed E-state index contributed by atoms with van der Waals surface area (Å²) in [5, 5.41) is 4.17. The third kappa shape index (κ3) is 3.65. The van der Waals surface area contributed by atoms with Crippen LogP contribution in [0.15, 0.2) is 59.3 Å². The molecule has 0 saturated carbocycles. The van der Waals surface area contributed by atoms with Crippen molar-refractivity contribution < 1.29 is 0 Å². The normalized spacial score (nSPS) is 12.2. The van der Waals surface area contributed by atoms with Gasteiger partial charge in [-0.25, -0.2) is 0 Å². The predicted molar refractivity (Wildman–Crippen MR) is 75.8 cm³/mol. The average Bonchev–Trinajstić information content (AvgIpc) is 2.96. The number of hydrogen-bond acceptors (Lipinski definition) is 2. The highest BCUT2D eigenvalue weighted by Crippen LogP contribution is 2.11. The molecule has 0 spiro atoms. The first-order valence-electron chi connectivity index (χ1n) is 5.03. The largest absolute Gasteiger partial charge is 0.144 e.